The Labute approximate surface area is 234 Å². The van der Waals surface area contributed by atoms with E-state index in [1.54, 1.807) is 16.1 Å². The lowest BCUT2D eigenvalue weighted by atomic mass is 9.83. The average Bonchev–Trinajstić information content (AvgIpc) is 3.56. The molecule has 0 aliphatic rings. The lowest BCUT2D eigenvalue weighted by molar-refractivity contribution is -0.137. The summed E-state index contributed by atoms with van der Waals surface area (Å²) < 4.78 is 40.5. The summed E-state index contributed by atoms with van der Waals surface area (Å²) in [6, 6.07) is 2.88. The van der Waals surface area contributed by atoms with Gasteiger partial charge < -0.3 is 14.8 Å². The minimum absolute atomic E-state index is 0.132. The zero-order valence-electron chi connectivity index (χ0n) is 22.7. The van der Waals surface area contributed by atoms with E-state index in [-0.39, 0.29) is 13.0 Å². The first-order valence-corrected chi connectivity index (χ1v) is 13.7. The minimum Gasteiger partial charge on any atom is -0.465 e. The fourth-order valence-electron chi connectivity index (χ4n) is 4.43. The van der Waals surface area contributed by atoms with Crippen LogP contribution in [0.1, 0.15) is 52.5 Å². The number of carbonyl (C=O) groups is 2. The molecule has 0 aliphatic carbocycles. The van der Waals surface area contributed by atoms with Gasteiger partial charge in [0.05, 0.1) is 29.7 Å². The van der Waals surface area contributed by atoms with Crippen LogP contribution in [0.5, 0.6) is 0 Å². The monoisotopic (exact) mass is 581 g/mol. The predicted octanol–water partition coefficient (Wildman–Crippen LogP) is 5.98. The Morgan fingerprint density at radius 2 is 1.82 bits per heavy atom. The Kier molecular flexibility index (Phi) is 9.96. The summed E-state index contributed by atoms with van der Waals surface area (Å²) in [5.41, 5.74) is -0.498. The van der Waals surface area contributed by atoms with E-state index in [1.807, 2.05) is 27.7 Å². The number of halogens is 3. The number of unbranched alkanes of at least 4 members (excludes halogenated alkanes) is 1. The van der Waals surface area contributed by atoms with Gasteiger partial charge in [-0.1, -0.05) is 52.7 Å². The quantitative estimate of drug-likeness (QED) is 0.256. The maximum Gasteiger partial charge on any atom is 0.416 e. The van der Waals surface area contributed by atoms with Gasteiger partial charge in [-0.25, -0.2) is 14.8 Å². The Balaban J connectivity index is 1.90. The smallest absolute Gasteiger partial charge is 0.416 e. The summed E-state index contributed by atoms with van der Waals surface area (Å²) in [5, 5.41) is 26.0. The molecular formula is C27H34F3N5O4S. The number of hydrogen-bond donors (Lipinski definition) is 3. The molecule has 0 saturated carbocycles. The molecule has 1 aromatic carbocycles. The van der Waals surface area contributed by atoms with Gasteiger partial charge in [0, 0.05) is 29.9 Å². The number of nitrogens with zero attached hydrogens (tertiary/aromatic N) is 4. The highest BCUT2D eigenvalue weighted by Crippen LogP contribution is 2.32. The predicted molar refractivity (Wildman–Crippen MR) is 146 cm³/mol. The van der Waals surface area contributed by atoms with Gasteiger partial charge >= 0.3 is 12.3 Å². The Morgan fingerprint density at radius 1 is 1.15 bits per heavy atom. The number of hydrogen-bond acceptors (Lipinski definition) is 6. The van der Waals surface area contributed by atoms with Crippen LogP contribution in [0, 0.1) is 5.41 Å². The average molecular weight is 582 g/mol. The molecule has 0 spiro atoms. The lowest BCUT2D eigenvalue weighted by Crippen LogP contribution is -2.59. The van der Waals surface area contributed by atoms with Crippen molar-refractivity contribution in [2.45, 2.75) is 77.9 Å². The van der Waals surface area contributed by atoms with Crippen LogP contribution in [0.25, 0.3) is 11.3 Å². The van der Waals surface area contributed by atoms with E-state index in [0.717, 1.165) is 23.5 Å². The van der Waals surface area contributed by atoms with Crippen molar-refractivity contribution in [2.75, 3.05) is 5.32 Å². The van der Waals surface area contributed by atoms with E-state index in [0.29, 0.717) is 22.8 Å². The summed E-state index contributed by atoms with van der Waals surface area (Å²) in [5.74, 6) is -0.748. The Hall–Kier alpha value is -3.45. The van der Waals surface area contributed by atoms with Crippen LogP contribution in [-0.4, -0.2) is 59.8 Å². The van der Waals surface area contributed by atoms with E-state index >= 15 is 0 Å². The molecule has 3 aromatic rings. The first kappa shape index (κ1) is 31.1. The highest BCUT2D eigenvalue weighted by atomic mass is 32.1. The number of benzene rings is 1. The maximum absolute atomic E-state index is 12.9. The zero-order valence-corrected chi connectivity index (χ0v) is 23.5. The summed E-state index contributed by atoms with van der Waals surface area (Å²) in [6.07, 6.45) is -1.21. The molecule has 3 atom stereocenters. The van der Waals surface area contributed by atoms with Crippen molar-refractivity contribution in [3.63, 3.8) is 0 Å². The lowest BCUT2D eigenvalue weighted by Gasteiger charge is -2.44. The number of rotatable bonds is 11. The molecule has 0 radical (unpaired) electrons. The van der Waals surface area contributed by atoms with Gasteiger partial charge in [-0.05, 0) is 24.0 Å². The molecule has 0 fully saturated rings. The summed E-state index contributed by atoms with van der Waals surface area (Å²) in [6.45, 7) is 7.65. The van der Waals surface area contributed by atoms with Gasteiger partial charge in [0.1, 0.15) is 0 Å². The van der Waals surface area contributed by atoms with Crippen LogP contribution in [0.4, 0.5) is 23.1 Å². The third-order valence-electron chi connectivity index (χ3n) is 6.59. The fourth-order valence-corrected chi connectivity index (χ4v) is 4.96. The molecular weight excluding hydrogens is 547 g/mol. The molecule has 9 nitrogen and oxygen atoms in total. The maximum atomic E-state index is 12.9. The van der Waals surface area contributed by atoms with Crippen molar-refractivity contribution in [2.24, 2.45) is 5.41 Å². The molecule has 0 bridgehead atoms. The van der Waals surface area contributed by atoms with E-state index < -0.39 is 47.3 Å². The molecule has 3 rings (SSSR count). The van der Waals surface area contributed by atoms with E-state index in [9.17, 15) is 33.0 Å². The zero-order chi connectivity index (χ0) is 29.7. The number of amides is 2. The second-order valence-corrected chi connectivity index (χ2v) is 11.5. The first-order valence-electron chi connectivity index (χ1n) is 12.8. The number of thiazole rings is 1. The number of alkyl halides is 3. The van der Waals surface area contributed by atoms with Crippen molar-refractivity contribution >= 4 is 28.5 Å². The Morgan fingerprint density at radius 3 is 2.35 bits per heavy atom. The number of nitrogens with one attached hydrogen (secondary N) is 1. The molecule has 40 heavy (non-hydrogen) atoms. The minimum atomic E-state index is -4.45. The van der Waals surface area contributed by atoms with E-state index in [4.69, 9.17) is 0 Å². The molecule has 218 valence electrons. The summed E-state index contributed by atoms with van der Waals surface area (Å²) >= 11 is 1.18. The number of anilines is 1. The van der Waals surface area contributed by atoms with Crippen molar-refractivity contribution in [3.05, 3.63) is 53.9 Å². The first-order chi connectivity index (χ1) is 18.7. The molecule has 2 aromatic heterocycles. The second-order valence-electron chi connectivity index (χ2n) is 10.6. The third-order valence-corrected chi connectivity index (χ3v) is 7.28. The number of aliphatic hydroxyl groups excluding tert-OH is 1. The van der Waals surface area contributed by atoms with Gasteiger partial charge in [-0.15, -0.1) is 11.3 Å². The molecule has 1 unspecified atom stereocenters. The van der Waals surface area contributed by atoms with Crippen molar-refractivity contribution in [1.82, 2.24) is 19.4 Å². The van der Waals surface area contributed by atoms with Gasteiger partial charge in [0.2, 0.25) is 0 Å². The topological polar surface area (TPSA) is 121 Å². The van der Waals surface area contributed by atoms with Crippen LogP contribution < -0.4 is 5.32 Å². The van der Waals surface area contributed by atoms with Crippen molar-refractivity contribution in [3.8, 4) is 11.3 Å². The summed E-state index contributed by atoms with van der Waals surface area (Å²) in [7, 11) is 0. The van der Waals surface area contributed by atoms with Crippen LogP contribution in [-0.2, 0) is 17.5 Å². The van der Waals surface area contributed by atoms with Gasteiger partial charge in [0.25, 0.3) is 5.91 Å². The Bertz CT molecular complexity index is 1260. The molecule has 2 amide bonds. The second kappa shape index (κ2) is 12.8. The number of carbonyl (C=O) groups excluding carboxylic acids is 1. The van der Waals surface area contributed by atoms with Crippen LogP contribution in [0.2, 0.25) is 0 Å². The highest BCUT2D eigenvalue weighted by Gasteiger charge is 2.42. The van der Waals surface area contributed by atoms with Gasteiger partial charge in [-0.2, -0.15) is 13.2 Å². The van der Waals surface area contributed by atoms with Gasteiger partial charge in [-0.3, -0.25) is 15.0 Å². The number of aromatic nitrogens is 3. The van der Waals surface area contributed by atoms with Crippen molar-refractivity contribution < 1.29 is 33.0 Å². The third kappa shape index (κ3) is 7.81. The van der Waals surface area contributed by atoms with Gasteiger partial charge in [0.15, 0.2) is 11.2 Å². The summed E-state index contributed by atoms with van der Waals surface area (Å²) in [4.78, 5) is 35.1. The number of aliphatic hydroxyl groups is 1. The molecule has 3 N–H and O–H groups in total. The highest BCUT2D eigenvalue weighted by molar-refractivity contribution is 7.13. The van der Waals surface area contributed by atoms with Crippen LogP contribution in [0.15, 0.2) is 48.4 Å². The van der Waals surface area contributed by atoms with Crippen LogP contribution >= 0.6 is 11.3 Å². The van der Waals surface area contributed by atoms with E-state index in [1.165, 1.54) is 36.0 Å². The van der Waals surface area contributed by atoms with Crippen molar-refractivity contribution in [1.29, 1.82) is 0 Å². The molecule has 0 saturated heterocycles. The SMILES string of the molecule is CCCC[C@@H]([C@@H](O)C(=O)Nc1nccs1)N(C(=O)O)C(Cn1cnc(-c2ccc(C(F)(F)F)cc2)c1)C(C)(C)C. The standard InChI is InChI=1S/C27H34F3N5O4S/c1-5-6-7-20(22(36)23(37)33-24-31-12-13-40-24)35(25(38)39)21(26(2,3)4)15-34-14-19(32-16-34)17-8-10-18(11-9-17)27(28,29)30/h8-14,16,20-22,36H,5-7,15H2,1-4H3,(H,38,39)(H,31,33,37)/t20-,21?,22+/m0/s1. The fraction of sp³-hybridized carbons (Fsp3) is 0.481. The number of carboxylic acid groups (broad SMARTS) is 1. The normalized spacial score (nSPS) is 14.4. The molecule has 2 heterocycles. The number of imidazole rings is 1. The molecule has 13 heteroatoms. The van der Waals surface area contributed by atoms with E-state index in [2.05, 4.69) is 15.3 Å². The largest absolute Gasteiger partial charge is 0.465 e. The molecule has 0 aliphatic heterocycles. The van der Waals surface area contributed by atoms with Crippen LogP contribution in [0.3, 0.4) is 0 Å².